The molecule has 76 valence electrons. The molecule has 2 rings (SSSR count). The molecule has 4 nitrogen and oxygen atoms in total. The molecular weight excluding hydrogens is 244 g/mol. The van der Waals surface area contributed by atoms with Gasteiger partial charge < -0.3 is 10.6 Å². The average molecular weight is 257 g/mol. The molecule has 0 spiro atoms. The van der Waals surface area contributed by atoms with Crippen molar-refractivity contribution in [1.82, 2.24) is 9.97 Å². The van der Waals surface area contributed by atoms with Crippen molar-refractivity contribution in [1.29, 1.82) is 0 Å². The number of anilines is 1. The Morgan fingerprint density at radius 1 is 1.29 bits per heavy atom. The molecule has 0 bridgehead atoms. The minimum absolute atomic E-state index is 0.349. The van der Waals surface area contributed by atoms with E-state index in [1.54, 1.807) is 12.4 Å². The van der Waals surface area contributed by atoms with Gasteiger partial charge in [0.25, 0.3) is 0 Å². The van der Waals surface area contributed by atoms with Crippen molar-refractivity contribution >= 4 is 21.9 Å². The molecule has 1 aromatic rings. The number of aromatic nitrogens is 2. The lowest BCUT2D eigenvalue weighted by Gasteiger charge is -2.29. The van der Waals surface area contributed by atoms with Gasteiger partial charge in [-0.15, -0.1) is 0 Å². The minimum Gasteiger partial charge on any atom is -0.341 e. The molecule has 0 aliphatic carbocycles. The first-order valence-corrected chi connectivity index (χ1v) is 5.53. The van der Waals surface area contributed by atoms with Gasteiger partial charge in [-0.05, 0) is 28.8 Å². The number of hydrogen-bond acceptors (Lipinski definition) is 4. The third-order valence-corrected chi connectivity index (χ3v) is 2.84. The van der Waals surface area contributed by atoms with Gasteiger partial charge in [0.15, 0.2) is 0 Å². The van der Waals surface area contributed by atoms with Crippen LogP contribution in [0.3, 0.4) is 0 Å². The van der Waals surface area contributed by atoms with E-state index >= 15 is 0 Å². The summed E-state index contributed by atoms with van der Waals surface area (Å²) >= 11 is 3.32. The lowest BCUT2D eigenvalue weighted by molar-refractivity contribution is 0.495. The number of hydrogen-bond donors (Lipinski definition) is 1. The quantitative estimate of drug-likeness (QED) is 0.820. The molecule has 5 heteroatoms. The first-order chi connectivity index (χ1) is 6.75. The molecule has 14 heavy (non-hydrogen) atoms. The maximum Gasteiger partial charge on any atom is 0.225 e. The molecule has 0 saturated carbocycles. The zero-order chi connectivity index (χ0) is 9.97. The van der Waals surface area contributed by atoms with E-state index in [0.29, 0.717) is 6.04 Å². The first-order valence-electron chi connectivity index (χ1n) is 4.74. The van der Waals surface area contributed by atoms with Gasteiger partial charge in [-0.2, -0.15) is 0 Å². The zero-order valence-electron chi connectivity index (χ0n) is 7.86. The Balaban J connectivity index is 2.05. The van der Waals surface area contributed by atoms with E-state index in [1.165, 1.54) is 0 Å². The number of piperidine rings is 1. The Kier molecular flexibility index (Phi) is 2.98. The normalized spacial score (nSPS) is 18.6. The van der Waals surface area contributed by atoms with Crippen molar-refractivity contribution in [3.05, 3.63) is 16.9 Å². The van der Waals surface area contributed by atoms with Crippen LogP contribution >= 0.6 is 15.9 Å². The highest BCUT2D eigenvalue weighted by molar-refractivity contribution is 9.10. The number of rotatable bonds is 1. The smallest absolute Gasteiger partial charge is 0.225 e. The zero-order valence-corrected chi connectivity index (χ0v) is 9.44. The molecule has 0 atom stereocenters. The first kappa shape index (κ1) is 9.86. The second-order valence-electron chi connectivity index (χ2n) is 3.53. The molecule has 1 aliphatic heterocycles. The molecule has 1 aliphatic rings. The summed E-state index contributed by atoms with van der Waals surface area (Å²) in [4.78, 5) is 10.7. The summed E-state index contributed by atoms with van der Waals surface area (Å²) in [7, 11) is 0. The summed E-state index contributed by atoms with van der Waals surface area (Å²) < 4.78 is 0.912. The van der Waals surface area contributed by atoms with Crippen LogP contribution in [0.25, 0.3) is 0 Å². The van der Waals surface area contributed by atoms with Crippen LogP contribution in [0.5, 0.6) is 0 Å². The van der Waals surface area contributed by atoms with E-state index in [9.17, 15) is 0 Å². The predicted molar refractivity (Wildman–Crippen MR) is 59.2 cm³/mol. The molecule has 1 saturated heterocycles. The van der Waals surface area contributed by atoms with Crippen LogP contribution in [0.4, 0.5) is 5.95 Å². The average Bonchev–Trinajstić information content (AvgIpc) is 2.21. The van der Waals surface area contributed by atoms with E-state index in [0.717, 1.165) is 36.4 Å². The fraction of sp³-hybridized carbons (Fsp3) is 0.556. The standard InChI is InChI=1S/C9H13BrN4/c10-7-5-12-9(13-6-7)14-3-1-8(11)2-4-14/h5-6,8H,1-4,11H2. The van der Waals surface area contributed by atoms with Gasteiger partial charge in [-0.1, -0.05) is 0 Å². The van der Waals surface area contributed by atoms with Crippen LogP contribution in [-0.2, 0) is 0 Å². The van der Waals surface area contributed by atoms with E-state index in [4.69, 9.17) is 5.73 Å². The van der Waals surface area contributed by atoms with E-state index < -0.39 is 0 Å². The highest BCUT2D eigenvalue weighted by atomic mass is 79.9. The van der Waals surface area contributed by atoms with Gasteiger partial charge >= 0.3 is 0 Å². The highest BCUT2D eigenvalue weighted by Gasteiger charge is 2.17. The number of nitrogens with zero attached hydrogens (tertiary/aromatic N) is 3. The highest BCUT2D eigenvalue weighted by Crippen LogP contribution is 2.15. The van der Waals surface area contributed by atoms with Gasteiger partial charge in [-0.3, -0.25) is 0 Å². The van der Waals surface area contributed by atoms with Crippen molar-refractivity contribution in [3.63, 3.8) is 0 Å². The van der Waals surface area contributed by atoms with Crippen molar-refractivity contribution in [2.75, 3.05) is 18.0 Å². The summed E-state index contributed by atoms with van der Waals surface area (Å²) in [5, 5.41) is 0. The second-order valence-corrected chi connectivity index (χ2v) is 4.44. The Morgan fingerprint density at radius 2 is 1.86 bits per heavy atom. The topological polar surface area (TPSA) is 55.0 Å². The fourth-order valence-electron chi connectivity index (χ4n) is 1.57. The Bertz CT molecular complexity index is 292. The Hall–Kier alpha value is -0.680. The van der Waals surface area contributed by atoms with Crippen LogP contribution in [0.2, 0.25) is 0 Å². The van der Waals surface area contributed by atoms with Crippen LogP contribution in [0, 0.1) is 0 Å². The third-order valence-electron chi connectivity index (χ3n) is 2.43. The van der Waals surface area contributed by atoms with Crippen molar-refractivity contribution < 1.29 is 0 Å². The van der Waals surface area contributed by atoms with E-state index in [1.807, 2.05) is 0 Å². The fourth-order valence-corrected chi connectivity index (χ4v) is 1.77. The molecule has 0 aromatic carbocycles. The van der Waals surface area contributed by atoms with Gasteiger partial charge in [0.1, 0.15) is 0 Å². The van der Waals surface area contributed by atoms with Crippen molar-refractivity contribution in [2.24, 2.45) is 5.73 Å². The molecule has 2 N–H and O–H groups in total. The third kappa shape index (κ3) is 2.22. The van der Waals surface area contributed by atoms with E-state index in [-0.39, 0.29) is 0 Å². The summed E-state index contributed by atoms with van der Waals surface area (Å²) in [6.45, 7) is 1.92. The largest absolute Gasteiger partial charge is 0.341 e. The van der Waals surface area contributed by atoms with E-state index in [2.05, 4.69) is 30.8 Å². The lowest BCUT2D eigenvalue weighted by Crippen LogP contribution is -2.40. The van der Waals surface area contributed by atoms with Crippen molar-refractivity contribution in [3.8, 4) is 0 Å². The Labute approximate surface area is 91.7 Å². The van der Waals surface area contributed by atoms with Gasteiger partial charge in [0.2, 0.25) is 5.95 Å². The second kappa shape index (κ2) is 4.23. The van der Waals surface area contributed by atoms with Crippen molar-refractivity contribution in [2.45, 2.75) is 18.9 Å². The summed E-state index contributed by atoms with van der Waals surface area (Å²) in [6, 6.07) is 0.349. The molecular formula is C9H13BrN4. The predicted octanol–water partition coefficient (Wildman–Crippen LogP) is 1.17. The lowest BCUT2D eigenvalue weighted by atomic mass is 10.1. The molecule has 1 aromatic heterocycles. The minimum atomic E-state index is 0.349. The maximum absolute atomic E-state index is 5.82. The van der Waals surface area contributed by atoms with Crippen LogP contribution in [-0.4, -0.2) is 29.1 Å². The van der Waals surface area contributed by atoms with Gasteiger partial charge in [-0.25, -0.2) is 9.97 Å². The summed E-state index contributed by atoms with van der Waals surface area (Å²) in [5.74, 6) is 0.806. The number of nitrogens with two attached hydrogens (primary N) is 1. The molecule has 0 unspecified atom stereocenters. The summed E-state index contributed by atoms with van der Waals surface area (Å²) in [5.41, 5.74) is 5.82. The maximum atomic E-state index is 5.82. The molecule has 2 heterocycles. The number of halogens is 1. The molecule has 0 amide bonds. The molecule has 0 radical (unpaired) electrons. The monoisotopic (exact) mass is 256 g/mol. The SMILES string of the molecule is NC1CCN(c2ncc(Br)cn2)CC1. The Morgan fingerprint density at radius 3 is 2.43 bits per heavy atom. The van der Waals surface area contributed by atoms with Crippen LogP contribution in [0.15, 0.2) is 16.9 Å². The van der Waals surface area contributed by atoms with Crippen LogP contribution in [0.1, 0.15) is 12.8 Å². The van der Waals surface area contributed by atoms with Gasteiger partial charge in [0, 0.05) is 31.5 Å². The van der Waals surface area contributed by atoms with Crippen LogP contribution < -0.4 is 10.6 Å². The summed E-state index contributed by atoms with van der Waals surface area (Å²) in [6.07, 6.45) is 5.60. The molecule has 1 fully saturated rings. The van der Waals surface area contributed by atoms with Gasteiger partial charge in [0.05, 0.1) is 4.47 Å².